The Hall–Kier alpha value is -3.78. The Morgan fingerprint density at radius 3 is 2.17 bits per heavy atom. The van der Waals surface area contributed by atoms with E-state index in [1.807, 2.05) is 0 Å². The highest BCUT2D eigenvalue weighted by atomic mass is 32.2. The molecule has 3 aromatic rings. The van der Waals surface area contributed by atoms with Crippen LogP contribution < -0.4 is 24.7 Å². The van der Waals surface area contributed by atoms with Crippen LogP contribution in [-0.4, -0.2) is 75.3 Å². The van der Waals surface area contributed by atoms with Crippen LogP contribution in [0.1, 0.15) is 12.0 Å². The molecule has 0 aliphatic carbocycles. The van der Waals surface area contributed by atoms with Crippen LogP contribution in [0.15, 0.2) is 47.4 Å². The van der Waals surface area contributed by atoms with Gasteiger partial charge in [-0.25, -0.2) is 17.2 Å². The van der Waals surface area contributed by atoms with Crippen LogP contribution >= 0.6 is 0 Å². The van der Waals surface area contributed by atoms with Crippen molar-refractivity contribution >= 4 is 15.7 Å². The molecule has 1 aromatic heterocycles. The number of methoxy groups -OCH3 is 2. The van der Waals surface area contributed by atoms with Crippen LogP contribution in [0.5, 0.6) is 17.2 Å². The SMILES string of the molecule is COc1cccc(OC)c1COc1c(N2CCN(S(=O)(=O)CCCF)CC2)cnn(-c2cc(F)cc(F)c2)c1=O. The Kier molecular flexibility index (Phi) is 9.20. The number of ether oxygens (including phenoxy) is 3. The van der Waals surface area contributed by atoms with E-state index < -0.39 is 33.9 Å². The number of hydrogen-bond acceptors (Lipinski definition) is 8. The lowest BCUT2D eigenvalue weighted by Gasteiger charge is -2.35. The fourth-order valence-electron chi connectivity index (χ4n) is 4.42. The van der Waals surface area contributed by atoms with Crippen LogP contribution in [0.2, 0.25) is 0 Å². The number of aromatic nitrogens is 2. The third-order valence-corrected chi connectivity index (χ3v) is 8.36. The molecule has 1 saturated heterocycles. The molecule has 0 bridgehead atoms. The highest BCUT2D eigenvalue weighted by molar-refractivity contribution is 7.89. The zero-order chi connectivity index (χ0) is 28.9. The summed E-state index contributed by atoms with van der Waals surface area (Å²) in [5.74, 6) is -1.33. The van der Waals surface area contributed by atoms with Gasteiger partial charge in [0.15, 0.2) is 0 Å². The van der Waals surface area contributed by atoms with Crippen molar-refractivity contribution in [3.63, 3.8) is 0 Å². The number of anilines is 1. The minimum Gasteiger partial charge on any atom is -0.496 e. The Balaban J connectivity index is 1.70. The molecule has 0 saturated carbocycles. The van der Waals surface area contributed by atoms with Gasteiger partial charge in [-0.15, -0.1) is 0 Å². The molecule has 1 aliphatic rings. The number of nitrogens with zero attached hydrogens (tertiary/aromatic N) is 4. The summed E-state index contributed by atoms with van der Waals surface area (Å²) in [6, 6.07) is 7.73. The first-order chi connectivity index (χ1) is 19.2. The Labute approximate surface area is 229 Å². The molecule has 0 spiro atoms. The molecule has 216 valence electrons. The van der Waals surface area contributed by atoms with Gasteiger partial charge >= 0.3 is 5.56 Å². The maximum Gasteiger partial charge on any atom is 0.316 e. The highest BCUT2D eigenvalue weighted by Gasteiger charge is 2.29. The summed E-state index contributed by atoms with van der Waals surface area (Å²) in [4.78, 5) is 15.4. The second kappa shape index (κ2) is 12.6. The molecule has 0 unspecified atom stereocenters. The number of benzene rings is 2. The first-order valence-electron chi connectivity index (χ1n) is 12.4. The Bertz CT molecular complexity index is 1470. The van der Waals surface area contributed by atoms with Gasteiger partial charge in [0.25, 0.3) is 0 Å². The van der Waals surface area contributed by atoms with Crippen molar-refractivity contribution in [3.05, 3.63) is 70.1 Å². The fourth-order valence-corrected chi connectivity index (χ4v) is 5.88. The van der Waals surface area contributed by atoms with E-state index in [-0.39, 0.29) is 62.1 Å². The first-order valence-corrected chi connectivity index (χ1v) is 14.0. The van der Waals surface area contributed by atoms with Gasteiger partial charge < -0.3 is 19.1 Å². The van der Waals surface area contributed by atoms with E-state index in [1.54, 1.807) is 23.1 Å². The summed E-state index contributed by atoms with van der Waals surface area (Å²) in [6.07, 6.45) is 1.24. The number of alkyl halides is 1. The molecule has 1 aliphatic heterocycles. The predicted molar refractivity (Wildman–Crippen MR) is 142 cm³/mol. The zero-order valence-electron chi connectivity index (χ0n) is 22.0. The summed E-state index contributed by atoms with van der Waals surface area (Å²) >= 11 is 0. The first kappa shape index (κ1) is 29.2. The Morgan fingerprint density at radius 2 is 1.60 bits per heavy atom. The smallest absolute Gasteiger partial charge is 0.316 e. The van der Waals surface area contributed by atoms with E-state index in [0.717, 1.165) is 16.8 Å². The number of piperazine rings is 1. The molecule has 0 atom stereocenters. The maximum atomic E-state index is 13.9. The molecular formula is C26H29F3N4O6S. The molecule has 4 rings (SSSR count). The van der Waals surface area contributed by atoms with E-state index in [4.69, 9.17) is 14.2 Å². The summed E-state index contributed by atoms with van der Waals surface area (Å²) in [5.41, 5.74) is -0.138. The monoisotopic (exact) mass is 582 g/mol. The predicted octanol–water partition coefficient (Wildman–Crippen LogP) is 2.92. The lowest BCUT2D eigenvalue weighted by atomic mass is 10.2. The van der Waals surface area contributed by atoms with Crippen LogP contribution in [0.25, 0.3) is 5.69 Å². The van der Waals surface area contributed by atoms with Crippen LogP contribution in [0.3, 0.4) is 0 Å². The van der Waals surface area contributed by atoms with Crippen LogP contribution in [0.4, 0.5) is 18.9 Å². The van der Waals surface area contributed by atoms with Gasteiger partial charge in [-0.3, -0.25) is 9.18 Å². The minimum absolute atomic E-state index is 0.0875. The van der Waals surface area contributed by atoms with E-state index in [1.165, 1.54) is 24.7 Å². The van der Waals surface area contributed by atoms with Crippen molar-refractivity contribution in [2.45, 2.75) is 13.0 Å². The van der Waals surface area contributed by atoms with E-state index in [0.29, 0.717) is 23.1 Å². The minimum atomic E-state index is -3.63. The zero-order valence-corrected chi connectivity index (χ0v) is 22.8. The molecule has 0 amide bonds. The summed E-state index contributed by atoms with van der Waals surface area (Å²) in [7, 11) is -0.677. The average molecular weight is 583 g/mol. The summed E-state index contributed by atoms with van der Waals surface area (Å²) in [6.45, 7) is -0.284. The summed E-state index contributed by atoms with van der Waals surface area (Å²) in [5, 5.41) is 4.12. The van der Waals surface area contributed by atoms with Crippen molar-refractivity contribution in [3.8, 4) is 22.9 Å². The third kappa shape index (κ3) is 6.33. The van der Waals surface area contributed by atoms with Crippen LogP contribution in [-0.2, 0) is 16.6 Å². The number of rotatable bonds is 11. The molecule has 14 heteroatoms. The number of sulfonamides is 1. The fraction of sp³-hybridized carbons (Fsp3) is 0.385. The van der Waals surface area contributed by atoms with Gasteiger partial charge in [0.2, 0.25) is 15.8 Å². The molecular weight excluding hydrogens is 553 g/mol. The number of halogens is 3. The topological polar surface area (TPSA) is 103 Å². The van der Waals surface area contributed by atoms with Gasteiger partial charge in [-0.2, -0.15) is 14.1 Å². The molecule has 1 fully saturated rings. The normalized spacial score (nSPS) is 14.3. The third-order valence-electron chi connectivity index (χ3n) is 6.41. The maximum absolute atomic E-state index is 13.9. The van der Waals surface area contributed by atoms with Crippen molar-refractivity contribution < 1.29 is 35.8 Å². The second-order valence-corrected chi connectivity index (χ2v) is 11.0. The molecule has 40 heavy (non-hydrogen) atoms. The highest BCUT2D eigenvalue weighted by Crippen LogP contribution is 2.32. The Morgan fingerprint density at radius 1 is 0.975 bits per heavy atom. The van der Waals surface area contributed by atoms with Gasteiger partial charge in [-0.1, -0.05) is 6.07 Å². The number of hydrogen-bond donors (Lipinski definition) is 0. The van der Waals surface area contributed by atoms with Crippen molar-refractivity contribution in [1.29, 1.82) is 0 Å². The van der Waals surface area contributed by atoms with E-state index in [9.17, 15) is 26.4 Å². The van der Waals surface area contributed by atoms with Gasteiger partial charge in [0.1, 0.15) is 35.4 Å². The second-order valence-electron chi connectivity index (χ2n) is 8.88. The standard InChI is InChI=1S/C26H29F3N4O6S/c1-37-23-5-3-6-24(38-2)21(23)17-39-25-22(31-8-10-32(11-9-31)40(35,36)12-4-7-27)16-30-33(26(25)34)20-14-18(28)13-19(29)15-20/h3,5-6,13-16H,4,7-12,17H2,1-2H3. The van der Waals surface area contributed by atoms with E-state index in [2.05, 4.69) is 5.10 Å². The largest absolute Gasteiger partial charge is 0.496 e. The molecule has 2 aromatic carbocycles. The van der Waals surface area contributed by atoms with Gasteiger partial charge in [0, 0.05) is 32.2 Å². The van der Waals surface area contributed by atoms with E-state index >= 15 is 0 Å². The van der Waals surface area contributed by atoms with Crippen LogP contribution in [0, 0.1) is 11.6 Å². The van der Waals surface area contributed by atoms with Crippen molar-refractivity contribution in [2.75, 3.05) is 57.7 Å². The van der Waals surface area contributed by atoms with Gasteiger partial charge in [-0.05, 0) is 30.7 Å². The molecule has 10 nitrogen and oxygen atoms in total. The van der Waals surface area contributed by atoms with Crippen molar-refractivity contribution in [1.82, 2.24) is 14.1 Å². The average Bonchev–Trinajstić information content (AvgIpc) is 2.94. The lowest BCUT2D eigenvalue weighted by molar-refractivity contribution is 0.280. The summed E-state index contributed by atoms with van der Waals surface area (Å²) < 4.78 is 84.4. The van der Waals surface area contributed by atoms with Gasteiger partial charge in [0.05, 0.1) is 44.1 Å². The quantitative estimate of drug-likeness (QED) is 0.340. The molecule has 2 heterocycles. The van der Waals surface area contributed by atoms with Crippen molar-refractivity contribution in [2.24, 2.45) is 0 Å². The molecule has 0 radical (unpaired) electrons. The lowest BCUT2D eigenvalue weighted by Crippen LogP contribution is -2.49. The molecule has 0 N–H and O–H groups in total.